The van der Waals surface area contributed by atoms with Crippen LogP contribution in [-0.2, 0) is 0 Å². The van der Waals surface area contributed by atoms with Crippen molar-refractivity contribution in [2.45, 2.75) is 31.6 Å². The third-order valence-electron chi connectivity index (χ3n) is 1.76. The molecule has 1 fully saturated rings. The predicted octanol–water partition coefficient (Wildman–Crippen LogP) is 2.41. The van der Waals surface area contributed by atoms with Crippen molar-refractivity contribution in [3.8, 4) is 0 Å². The highest BCUT2D eigenvalue weighted by molar-refractivity contribution is 6.20. The molecular formula is C6H11Cl. The van der Waals surface area contributed by atoms with Crippen LogP contribution in [0, 0.1) is 5.92 Å². The van der Waals surface area contributed by atoms with E-state index in [0.717, 1.165) is 5.92 Å². The lowest BCUT2D eigenvalue weighted by molar-refractivity contribution is 0.619. The number of rotatable bonds is 0. The van der Waals surface area contributed by atoms with Gasteiger partial charge >= 0.3 is 0 Å². The summed E-state index contributed by atoms with van der Waals surface area (Å²) >= 11 is 5.86. The minimum absolute atomic E-state index is 0.486. The smallest absolute Gasteiger partial charge is 0.0361 e. The van der Waals surface area contributed by atoms with Crippen LogP contribution in [0.25, 0.3) is 0 Å². The van der Waals surface area contributed by atoms with Crippen molar-refractivity contribution in [3.05, 3.63) is 0 Å². The lowest BCUT2D eigenvalue weighted by Crippen LogP contribution is -1.99. The first-order valence-electron chi connectivity index (χ1n) is 2.95. The summed E-state index contributed by atoms with van der Waals surface area (Å²) in [6.45, 7) is 2.23. The summed E-state index contributed by atoms with van der Waals surface area (Å²) < 4.78 is 0. The van der Waals surface area contributed by atoms with Gasteiger partial charge in [-0.2, -0.15) is 0 Å². The van der Waals surface area contributed by atoms with Gasteiger partial charge < -0.3 is 0 Å². The second kappa shape index (κ2) is 2.04. The Labute approximate surface area is 49.9 Å². The fraction of sp³-hybridized carbons (Fsp3) is 1.00. The van der Waals surface area contributed by atoms with Gasteiger partial charge in [0.2, 0.25) is 0 Å². The van der Waals surface area contributed by atoms with Gasteiger partial charge in [-0.05, 0) is 18.8 Å². The summed E-state index contributed by atoms with van der Waals surface area (Å²) in [7, 11) is 0. The first kappa shape index (κ1) is 5.43. The third-order valence-corrected chi connectivity index (χ3v) is 2.41. The molecule has 0 nitrogen and oxygen atoms in total. The fourth-order valence-electron chi connectivity index (χ4n) is 1.10. The maximum Gasteiger partial charge on any atom is 0.0361 e. The maximum absolute atomic E-state index is 5.86. The maximum atomic E-state index is 5.86. The van der Waals surface area contributed by atoms with E-state index in [9.17, 15) is 0 Å². The standard InChI is InChI=1S/C6H11Cl/c1-5-3-2-4-6(5)7/h5-6H,2-4H2,1H3. The van der Waals surface area contributed by atoms with E-state index >= 15 is 0 Å². The van der Waals surface area contributed by atoms with E-state index in [2.05, 4.69) is 6.92 Å². The number of alkyl halides is 1. The number of hydrogen-bond acceptors (Lipinski definition) is 0. The first-order valence-corrected chi connectivity index (χ1v) is 3.38. The molecule has 1 aliphatic carbocycles. The highest BCUT2D eigenvalue weighted by Gasteiger charge is 2.19. The Morgan fingerprint density at radius 2 is 2.14 bits per heavy atom. The van der Waals surface area contributed by atoms with Gasteiger partial charge in [-0.15, -0.1) is 11.6 Å². The largest absolute Gasteiger partial charge is 0.123 e. The van der Waals surface area contributed by atoms with E-state index in [4.69, 9.17) is 11.6 Å². The summed E-state index contributed by atoms with van der Waals surface area (Å²) in [6.07, 6.45) is 3.92. The van der Waals surface area contributed by atoms with E-state index in [0.29, 0.717) is 5.38 Å². The summed E-state index contributed by atoms with van der Waals surface area (Å²) in [4.78, 5) is 0. The molecule has 0 aromatic heterocycles. The Bertz CT molecular complexity index is 53.2. The summed E-state index contributed by atoms with van der Waals surface area (Å²) in [6, 6.07) is 0. The molecule has 1 saturated carbocycles. The Hall–Kier alpha value is 0.290. The Morgan fingerprint density at radius 1 is 1.43 bits per heavy atom. The molecule has 2 atom stereocenters. The van der Waals surface area contributed by atoms with Crippen LogP contribution in [0.3, 0.4) is 0 Å². The molecule has 0 heterocycles. The van der Waals surface area contributed by atoms with Crippen LogP contribution in [-0.4, -0.2) is 5.38 Å². The molecule has 1 aliphatic rings. The van der Waals surface area contributed by atoms with Gasteiger partial charge in [0.1, 0.15) is 0 Å². The van der Waals surface area contributed by atoms with E-state index in [1.54, 1.807) is 0 Å². The lowest BCUT2D eigenvalue weighted by atomic mass is 10.1. The van der Waals surface area contributed by atoms with E-state index in [1.165, 1.54) is 19.3 Å². The minimum Gasteiger partial charge on any atom is -0.123 e. The average molecular weight is 119 g/mol. The summed E-state index contributed by atoms with van der Waals surface area (Å²) in [5, 5.41) is 0.486. The monoisotopic (exact) mass is 118 g/mol. The molecule has 7 heavy (non-hydrogen) atoms. The molecule has 0 radical (unpaired) electrons. The molecule has 2 unspecified atom stereocenters. The topological polar surface area (TPSA) is 0 Å². The van der Waals surface area contributed by atoms with Gasteiger partial charge in [0.05, 0.1) is 0 Å². The molecule has 0 aromatic carbocycles. The number of hydrogen-bond donors (Lipinski definition) is 0. The van der Waals surface area contributed by atoms with Crippen molar-refractivity contribution in [3.63, 3.8) is 0 Å². The molecule has 0 amide bonds. The molecular weight excluding hydrogens is 108 g/mol. The fourth-order valence-corrected chi connectivity index (χ4v) is 1.38. The molecule has 1 rings (SSSR count). The van der Waals surface area contributed by atoms with Gasteiger partial charge in [-0.3, -0.25) is 0 Å². The summed E-state index contributed by atoms with van der Waals surface area (Å²) in [5.41, 5.74) is 0. The van der Waals surface area contributed by atoms with Crippen LogP contribution in [0.15, 0.2) is 0 Å². The molecule has 42 valence electrons. The zero-order valence-electron chi connectivity index (χ0n) is 4.65. The van der Waals surface area contributed by atoms with E-state index in [1.807, 2.05) is 0 Å². The molecule has 0 saturated heterocycles. The van der Waals surface area contributed by atoms with Crippen LogP contribution < -0.4 is 0 Å². The second-order valence-electron chi connectivity index (χ2n) is 2.42. The SMILES string of the molecule is CC1CCCC1Cl. The van der Waals surface area contributed by atoms with Crippen molar-refractivity contribution in [2.24, 2.45) is 5.92 Å². The quantitative estimate of drug-likeness (QED) is 0.429. The lowest BCUT2D eigenvalue weighted by Gasteiger charge is -2.02. The molecule has 0 aromatic rings. The van der Waals surface area contributed by atoms with Crippen LogP contribution in [0.2, 0.25) is 0 Å². The number of halogens is 1. The normalized spacial score (nSPS) is 42.0. The van der Waals surface area contributed by atoms with Crippen molar-refractivity contribution in [2.75, 3.05) is 0 Å². The van der Waals surface area contributed by atoms with Gasteiger partial charge in [0.25, 0.3) is 0 Å². The Balaban J connectivity index is 2.33. The third kappa shape index (κ3) is 1.09. The van der Waals surface area contributed by atoms with Crippen LogP contribution in [0.1, 0.15) is 26.2 Å². The van der Waals surface area contributed by atoms with Crippen LogP contribution in [0.5, 0.6) is 0 Å². The summed E-state index contributed by atoms with van der Waals surface area (Å²) in [5.74, 6) is 0.779. The molecule has 1 heteroatoms. The molecule has 0 N–H and O–H groups in total. The van der Waals surface area contributed by atoms with Crippen molar-refractivity contribution in [1.29, 1.82) is 0 Å². The highest BCUT2D eigenvalue weighted by Crippen LogP contribution is 2.28. The first-order chi connectivity index (χ1) is 3.30. The zero-order chi connectivity index (χ0) is 5.28. The van der Waals surface area contributed by atoms with Crippen molar-refractivity contribution < 1.29 is 0 Å². The van der Waals surface area contributed by atoms with Crippen molar-refractivity contribution in [1.82, 2.24) is 0 Å². The predicted molar refractivity (Wildman–Crippen MR) is 32.7 cm³/mol. The van der Waals surface area contributed by atoms with Gasteiger partial charge in [-0.1, -0.05) is 13.3 Å². The van der Waals surface area contributed by atoms with E-state index < -0.39 is 0 Å². The molecule has 0 bridgehead atoms. The van der Waals surface area contributed by atoms with Crippen LogP contribution in [0.4, 0.5) is 0 Å². The van der Waals surface area contributed by atoms with Crippen LogP contribution >= 0.6 is 11.6 Å². The van der Waals surface area contributed by atoms with Gasteiger partial charge in [0.15, 0.2) is 0 Å². The minimum atomic E-state index is 0.486. The second-order valence-corrected chi connectivity index (χ2v) is 2.98. The van der Waals surface area contributed by atoms with Crippen molar-refractivity contribution >= 4 is 11.6 Å². The highest BCUT2D eigenvalue weighted by atomic mass is 35.5. The van der Waals surface area contributed by atoms with Gasteiger partial charge in [0, 0.05) is 5.38 Å². The molecule has 0 spiro atoms. The molecule has 0 aliphatic heterocycles. The zero-order valence-corrected chi connectivity index (χ0v) is 5.41. The van der Waals surface area contributed by atoms with E-state index in [-0.39, 0.29) is 0 Å². The Morgan fingerprint density at radius 3 is 2.29 bits per heavy atom. The average Bonchev–Trinajstić information content (AvgIpc) is 1.91. The Kier molecular flexibility index (Phi) is 1.58. The van der Waals surface area contributed by atoms with Gasteiger partial charge in [-0.25, -0.2) is 0 Å².